The van der Waals surface area contributed by atoms with Gasteiger partial charge < -0.3 is 15.8 Å². The number of amides is 1. The van der Waals surface area contributed by atoms with E-state index in [1.165, 1.54) is 18.9 Å². The molecule has 1 amide bonds. The zero-order chi connectivity index (χ0) is 13.5. The van der Waals surface area contributed by atoms with Crippen LogP contribution >= 0.6 is 11.8 Å². The lowest BCUT2D eigenvalue weighted by atomic mass is 10.0. The molecule has 6 heteroatoms. The first kappa shape index (κ1) is 16.2. The van der Waals surface area contributed by atoms with Gasteiger partial charge in [0.25, 0.3) is 0 Å². The molecule has 1 unspecified atom stereocenters. The molecular weight excluding hydrogens is 240 g/mol. The first-order valence-corrected chi connectivity index (χ1v) is 6.70. The smallest absolute Gasteiger partial charge is 0.323 e. The molecule has 0 saturated heterocycles. The van der Waals surface area contributed by atoms with Crippen LogP contribution in [0.15, 0.2) is 0 Å². The average Bonchev–Trinajstić information content (AvgIpc) is 2.27. The van der Waals surface area contributed by atoms with Gasteiger partial charge >= 0.3 is 5.97 Å². The van der Waals surface area contributed by atoms with E-state index in [-0.39, 0.29) is 11.4 Å². The van der Waals surface area contributed by atoms with Crippen LogP contribution in [0.25, 0.3) is 0 Å². The van der Waals surface area contributed by atoms with Gasteiger partial charge in [0.2, 0.25) is 5.91 Å². The third-order valence-corrected chi connectivity index (χ3v) is 3.46. The summed E-state index contributed by atoms with van der Waals surface area (Å²) in [6, 6.07) is -0.669. The van der Waals surface area contributed by atoms with Crippen LogP contribution in [0.4, 0.5) is 0 Å². The molecule has 3 N–H and O–H groups in total. The molecule has 0 radical (unpaired) electrons. The van der Waals surface area contributed by atoms with Crippen molar-refractivity contribution in [3.63, 3.8) is 0 Å². The molecule has 0 aromatic rings. The summed E-state index contributed by atoms with van der Waals surface area (Å²) in [5.41, 5.74) is 5.35. The summed E-state index contributed by atoms with van der Waals surface area (Å²) in [6.07, 6.45) is 0.866. The summed E-state index contributed by atoms with van der Waals surface area (Å²) in [5, 5.41) is 2.91. The summed E-state index contributed by atoms with van der Waals surface area (Å²) < 4.78 is 4.49. The first-order chi connectivity index (χ1) is 7.82. The highest BCUT2D eigenvalue weighted by molar-refractivity contribution is 8.00. The minimum absolute atomic E-state index is 0.0427. The first-order valence-electron chi connectivity index (χ1n) is 5.54. The van der Waals surface area contributed by atoms with Crippen molar-refractivity contribution in [2.75, 3.05) is 18.6 Å². The third-order valence-electron chi connectivity index (χ3n) is 2.40. The summed E-state index contributed by atoms with van der Waals surface area (Å²) in [6.45, 7) is 5.95. The minimum Gasteiger partial charge on any atom is -0.468 e. The van der Waals surface area contributed by atoms with Crippen LogP contribution in [0, 0.1) is 0 Å². The highest BCUT2D eigenvalue weighted by Gasteiger charge is 2.18. The summed E-state index contributed by atoms with van der Waals surface area (Å²) in [7, 11) is 1.29. The van der Waals surface area contributed by atoms with Crippen LogP contribution in [0.1, 0.15) is 27.2 Å². The number of carbonyl (C=O) groups is 2. The summed E-state index contributed by atoms with van der Waals surface area (Å²) in [4.78, 5) is 22.6. The zero-order valence-electron chi connectivity index (χ0n) is 10.9. The molecule has 0 aliphatic carbocycles. The van der Waals surface area contributed by atoms with Gasteiger partial charge in [-0.1, -0.05) is 6.92 Å². The van der Waals surface area contributed by atoms with Gasteiger partial charge in [0, 0.05) is 11.3 Å². The van der Waals surface area contributed by atoms with E-state index < -0.39 is 12.0 Å². The fourth-order valence-corrected chi connectivity index (χ4v) is 1.77. The number of esters is 1. The van der Waals surface area contributed by atoms with Gasteiger partial charge in [0.1, 0.15) is 6.04 Å². The number of thioether (sulfide) groups is 1. The van der Waals surface area contributed by atoms with E-state index in [2.05, 4.69) is 10.1 Å². The SMILES string of the molecule is CCC(C)(C)NC(=O)CSCC(N)C(=O)OC. The maximum Gasteiger partial charge on any atom is 0.323 e. The van der Waals surface area contributed by atoms with Gasteiger partial charge in [-0.15, -0.1) is 11.8 Å². The lowest BCUT2D eigenvalue weighted by Crippen LogP contribution is -2.44. The molecule has 0 fully saturated rings. The van der Waals surface area contributed by atoms with Crippen LogP contribution in [-0.4, -0.2) is 42.1 Å². The normalized spacial score (nSPS) is 13.0. The Kier molecular flexibility index (Phi) is 7.22. The van der Waals surface area contributed by atoms with Gasteiger partial charge in [-0.25, -0.2) is 0 Å². The maximum absolute atomic E-state index is 11.5. The molecule has 5 nitrogen and oxygen atoms in total. The maximum atomic E-state index is 11.5. The molecule has 100 valence electrons. The Morgan fingerprint density at radius 1 is 1.47 bits per heavy atom. The minimum atomic E-state index is -0.669. The predicted octanol–water partition coefficient (Wildman–Crippen LogP) is 0.525. The number of ether oxygens (including phenoxy) is 1. The average molecular weight is 262 g/mol. The van der Waals surface area contributed by atoms with Crippen molar-refractivity contribution in [2.24, 2.45) is 5.73 Å². The lowest BCUT2D eigenvalue weighted by Gasteiger charge is -2.24. The van der Waals surface area contributed by atoms with E-state index in [1.807, 2.05) is 20.8 Å². The molecule has 0 aliphatic heterocycles. The van der Waals surface area contributed by atoms with E-state index in [9.17, 15) is 9.59 Å². The van der Waals surface area contributed by atoms with Crippen LogP contribution < -0.4 is 11.1 Å². The van der Waals surface area contributed by atoms with Crippen molar-refractivity contribution < 1.29 is 14.3 Å². The van der Waals surface area contributed by atoms with Crippen molar-refractivity contribution >= 4 is 23.6 Å². The quantitative estimate of drug-likeness (QED) is 0.654. The Hall–Kier alpha value is -0.750. The molecule has 0 bridgehead atoms. The van der Waals surface area contributed by atoms with Crippen molar-refractivity contribution in [1.82, 2.24) is 5.32 Å². The van der Waals surface area contributed by atoms with Crippen molar-refractivity contribution in [1.29, 1.82) is 0 Å². The topological polar surface area (TPSA) is 81.4 Å². The van der Waals surface area contributed by atoms with Gasteiger partial charge in [-0.2, -0.15) is 0 Å². The number of methoxy groups -OCH3 is 1. The second-order valence-corrected chi connectivity index (χ2v) is 5.46. The fraction of sp³-hybridized carbons (Fsp3) is 0.818. The molecule has 1 atom stereocenters. The third kappa shape index (κ3) is 7.23. The predicted molar refractivity (Wildman–Crippen MR) is 69.8 cm³/mol. The summed E-state index contributed by atoms with van der Waals surface area (Å²) in [5.74, 6) is 0.187. The molecule has 0 aliphatic rings. The number of nitrogens with two attached hydrogens (primary N) is 1. The lowest BCUT2D eigenvalue weighted by molar-refractivity contribution is -0.141. The standard InChI is InChI=1S/C11H22N2O3S/c1-5-11(2,3)13-9(14)7-17-6-8(12)10(15)16-4/h8H,5-7,12H2,1-4H3,(H,13,14). The Bertz CT molecular complexity index is 269. The van der Waals surface area contributed by atoms with Crippen LogP contribution in [-0.2, 0) is 14.3 Å². The number of nitrogens with one attached hydrogen (secondary N) is 1. The van der Waals surface area contributed by atoms with Crippen molar-refractivity contribution in [3.05, 3.63) is 0 Å². The van der Waals surface area contributed by atoms with E-state index in [0.29, 0.717) is 11.5 Å². The van der Waals surface area contributed by atoms with Gasteiger partial charge in [-0.3, -0.25) is 9.59 Å². The molecular formula is C11H22N2O3S. The summed E-state index contributed by atoms with van der Waals surface area (Å²) >= 11 is 1.33. The molecule has 0 saturated carbocycles. The van der Waals surface area contributed by atoms with Crippen molar-refractivity contribution in [2.45, 2.75) is 38.8 Å². The monoisotopic (exact) mass is 262 g/mol. The second-order valence-electron chi connectivity index (χ2n) is 4.43. The Balaban J connectivity index is 3.83. The van der Waals surface area contributed by atoms with E-state index in [1.54, 1.807) is 0 Å². The largest absolute Gasteiger partial charge is 0.468 e. The Morgan fingerprint density at radius 3 is 2.53 bits per heavy atom. The van der Waals surface area contributed by atoms with Crippen LogP contribution in [0.3, 0.4) is 0 Å². The zero-order valence-corrected chi connectivity index (χ0v) is 11.7. The molecule has 0 heterocycles. The number of rotatable bonds is 7. The highest BCUT2D eigenvalue weighted by atomic mass is 32.2. The van der Waals surface area contributed by atoms with Crippen LogP contribution in [0.2, 0.25) is 0 Å². The molecule has 0 aromatic heterocycles. The highest BCUT2D eigenvalue weighted by Crippen LogP contribution is 2.08. The fourth-order valence-electron chi connectivity index (χ4n) is 1.000. The van der Waals surface area contributed by atoms with Gasteiger partial charge in [0.05, 0.1) is 12.9 Å². The Labute approximate surface area is 107 Å². The second kappa shape index (κ2) is 7.55. The molecule has 17 heavy (non-hydrogen) atoms. The van der Waals surface area contributed by atoms with E-state index in [4.69, 9.17) is 5.73 Å². The Morgan fingerprint density at radius 2 is 2.06 bits per heavy atom. The molecule has 0 aromatic carbocycles. The number of hydrogen-bond donors (Lipinski definition) is 2. The van der Waals surface area contributed by atoms with Crippen molar-refractivity contribution in [3.8, 4) is 0 Å². The van der Waals surface area contributed by atoms with Gasteiger partial charge in [-0.05, 0) is 20.3 Å². The number of carbonyl (C=O) groups excluding carboxylic acids is 2. The number of hydrogen-bond acceptors (Lipinski definition) is 5. The van der Waals surface area contributed by atoms with Gasteiger partial charge in [0.15, 0.2) is 0 Å². The molecule has 0 spiro atoms. The van der Waals surface area contributed by atoms with Crippen LogP contribution in [0.5, 0.6) is 0 Å². The van der Waals surface area contributed by atoms with E-state index >= 15 is 0 Å². The van der Waals surface area contributed by atoms with E-state index in [0.717, 1.165) is 6.42 Å². The molecule has 0 rings (SSSR count).